The predicted molar refractivity (Wildman–Crippen MR) is 113 cm³/mol. The fourth-order valence-electron chi connectivity index (χ4n) is 2.90. The molecule has 2 heterocycles. The molecule has 4 rings (SSSR count). The van der Waals surface area contributed by atoms with E-state index in [0.29, 0.717) is 23.1 Å². The molecule has 0 amide bonds. The van der Waals surface area contributed by atoms with E-state index in [1.54, 1.807) is 18.2 Å². The fraction of sp³-hybridized carbons (Fsp3) is 0.182. The van der Waals surface area contributed by atoms with E-state index < -0.39 is 0 Å². The predicted octanol–water partition coefficient (Wildman–Crippen LogP) is 4.03. The Morgan fingerprint density at radius 3 is 2.72 bits per heavy atom. The molecular formula is C22H19N3O3S. The Morgan fingerprint density at radius 1 is 1.10 bits per heavy atom. The van der Waals surface area contributed by atoms with E-state index in [-0.39, 0.29) is 24.6 Å². The van der Waals surface area contributed by atoms with E-state index in [0.717, 1.165) is 16.3 Å². The van der Waals surface area contributed by atoms with Crippen LogP contribution in [-0.2, 0) is 22.6 Å². The molecule has 0 saturated carbocycles. The number of para-hydroxylation sites is 1. The number of esters is 1. The van der Waals surface area contributed by atoms with Gasteiger partial charge in [0.1, 0.15) is 17.4 Å². The fourth-order valence-corrected chi connectivity index (χ4v) is 3.71. The Balaban J connectivity index is 1.33. The summed E-state index contributed by atoms with van der Waals surface area (Å²) in [5, 5.41) is 3.32. The zero-order valence-corrected chi connectivity index (χ0v) is 16.7. The van der Waals surface area contributed by atoms with Crippen LogP contribution in [0.2, 0.25) is 0 Å². The van der Waals surface area contributed by atoms with Crippen LogP contribution in [-0.4, -0.2) is 20.9 Å². The maximum Gasteiger partial charge on any atom is 0.306 e. The van der Waals surface area contributed by atoms with Gasteiger partial charge in [0.15, 0.2) is 0 Å². The van der Waals surface area contributed by atoms with Gasteiger partial charge in [-0.2, -0.15) is 0 Å². The average Bonchev–Trinajstić information content (AvgIpc) is 3.20. The van der Waals surface area contributed by atoms with Gasteiger partial charge in [-0.05, 0) is 19.1 Å². The molecule has 0 aliphatic heterocycles. The Bertz CT molecular complexity index is 1210. The third-order valence-electron chi connectivity index (χ3n) is 4.46. The minimum atomic E-state index is -0.356. The molecule has 0 unspecified atom stereocenters. The summed E-state index contributed by atoms with van der Waals surface area (Å²) in [6, 6.07) is 15.3. The lowest BCUT2D eigenvalue weighted by atomic mass is 10.2. The zero-order valence-electron chi connectivity index (χ0n) is 15.8. The molecule has 2 aromatic heterocycles. The zero-order chi connectivity index (χ0) is 20.2. The molecular weight excluding hydrogens is 386 g/mol. The minimum absolute atomic E-state index is 0.128. The number of nitrogens with one attached hydrogen (secondary N) is 1. The van der Waals surface area contributed by atoms with Crippen molar-refractivity contribution in [2.24, 2.45) is 0 Å². The number of rotatable bonds is 6. The van der Waals surface area contributed by atoms with Gasteiger partial charge in [-0.1, -0.05) is 42.0 Å². The molecule has 0 atom stereocenters. The Hall–Kier alpha value is -3.32. The summed E-state index contributed by atoms with van der Waals surface area (Å²) >= 11 is 1.52. The van der Waals surface area contributed by atoms with Crippen molar-refractivity contribution in [2.75, 3.05) is 0 Å². The lowest BCUT2D eigenvalue weighted by molar-refractivity contribution is -0.145. The lowest BCUT2D eigenvalue weighted by Crippen LogP contribution is -2.14. The molecule has 0 fully saturated rings. The van der Waals surface area contributed by atoms with Gasteiger partial charge in [-0.25, -0.2) is 9.97 Å². The number of carbonyl (C=O) groups excluding carboxylic acids is 1. The number of ether oxygens (including phenoxy) is 1. The van der Waals surface area contributed by atoms with Crippen molar-refractivity contribution >= 4 is 28.2 Å². The van der Waals surface area contributed by atoms with E-state index in [2.05, 4.69) is 15.0 Å². The number of H-pyrrole nitrogens is 1. The monoisotopic (exact) mass is 405 g/mol. The summed E-state index contributed by atoms with van der Waals surface area (Å²) in [5.41, 5.74) is 3.37. The van der Waals surface area contributed by atoms with Gasteiger partial charge in [-0.3, -0.25) is 9.59 Å². The molecule has 29 heavy (non-hydrogen) atoms. The molecule has 7 heteroatoms. The number of benzene rings is 2. The van der Waals surface area contributed by atoms with E-state index in [9.17, 15) is 9.59 Å². The second-order valence-electron chi connectivity index (χ2n) is 6.70. The van der Waals surface area contributed by atoms with Crippen molar-refractivity contribution in [3.05, 3.63) is 81.3 Å². The van der Waals surface area contributed by atoms with Gasteiger partial charge in [0.05, 0.1) is 23.0 Å². The van der Waals surface area contributed by atoms with E-state index in [4.69, 9.17) is 4.74 Å². The topological polar surface area (TPSA) is 84.9 Å². The largest absolute Gasteiger partial charge is 0.459 e. The molecule has 0 spiro atoms. The first-order valence-electron chi connectivity index (χ1n) is 9.23. The first kappa shape index (κ1) is 19.0. The van der Waals surface area contributed by atoms with Crippen LogP contribution in [0.4, 0.5) is 0 Å². The number of carbonyl (C=O) groups is 1. The number of aryl methyl sites for hydroxylation is 2. The maximum absolute atomic E-state index is 12.1. The van der Waals surface area contributed by atoms with Gasteiger partial charge in [-0.15, -0.1) is 11.3 Å². The summed E-state index contributed by atoms with van der Waals surface area (Å²) in [5.74, 6) is 0.117. The van der Waals surface area contributed by atoms with Crippen molar-refractivity contribution in [3.8, 4) is 10.6 Å². The van der Waals surface area contributed by atoms with Gasteiger partial charge < -0.3 is 9.72 Å². The standard InChI is InChI=1S/C22H19N3O3S/c1-14-6-8-15(9-7-14)22-23-16(13-29-22)12-28-20(26)11-10-19-24-18-5-3-2-4-17(18)21(27)25-19/h2-9,13H,10-12H2,1H3,(H,24,25,27). The highest BCUT2D eigenvalue weighted by atomic mass is 32.1. The van der Waals surface area contributed by atoms with Gasteiger partial charge in [0.2, 0.25) is 0 Å². The highest BCUT2D eigenvalue weighted by Gasteiger charge is 2.10. The van der Waals surface area contributed by atoms with Crippen LogP contribution in [0.3, 0.4) is 0 Å². The van der Waals surface area contributed by atoms with E-state index in [1.807, 2.05) is 42.6 Å². The number of aromatic amines is 1. The van der Waals surface area contributed by atoms with Gasteiger partial charge in [0, 0.05) is 17.4 Å². The number of fused-ring (bicyclic) bond motifs is 1. The molecule has 146 valence electrons. The average molecular weight is 405 g/mol. The summed E-state index contributed by atoms with van der Waals surface area (Å²) in [7, 11) is 0. The Morgan fingerprint density at radius 2 is 1.90 bits per heavy atom. The van der Waals surface area contributed by atoms with E-state index >= 15 is 0 Å². The quantitative estimate of drug-likeness (QED) is 0.490. The third-order valence-corrected chi connectivity index (χ3v) is 5.40. The number of nitrogens with zero attached hydrogens (tertiary/aromatic N) is 2. The second kappa shape index (κ2) is 8.36. The molecule has 0 bridgehead atoms. The van der Waals surface area contributed by atoms with Crippen LogP contribution in [0.1, 0.15) is 23.5 Å². The maximum atomic E-state index is 12.1. The summed E-state index contributed by atoms with van der Waals surface area (Å²) < 4.78 is 5.32. The number of aromatic nitrogens is 3. The Kier molecular flexibility index (Phi) is 5.48. The van der Waals surface area contributed by atoms with Crippen molar-refractivity contribution in [3.63, 3.8) is 0 Å². The molecule has 0 aliphatic rings. The van der Waals surface area contributed by atoms with Crippen LogP contribution < -0.4 is 5.56 Å². The summed E-state index contributed by atoms with van der Waals surface area (Å²) in [6.07, 6.45) is 0.445. The lowest BCUT2D eigenvalue weighted by Gasteiger charge is -2.04. The van der Waals surface area contributed by atoms with Crippen molar-refractivity contribution in [1.29, 1.82) is 0 Å². The summed E-state index contributed by atoms with van der Waals surface area (Å²) in [4.78, 5) is 35.8. The van der Waals surface area contributed by atoms with Gasteiger partial charge in [0.25, 0.3) is 5.56 Å². The summed E-state index contributed by atoms with van der Waals surface area (Å²) in [6.45, 7) is 2.17. The SMILES string of the molecule is Cc1ccc(-c2nc(COC(=O)CCc3nc4ccccc4c(=O)[nH]3)cs2)cc1. The number of thiazole rings is 1. The van der Waals surface area contributed by atoms with Crippen molar-refractivity contribution in [1.82, 2.24) is 15.0 Å². The van der Waals surface area contributed by atoms with E-state index in [1.165, 1.54) is 16.9 Å². The Labute approximate surface area is 171 Å². The normalized spacial score (nSPS) is 10.9. The molecule has 0 saturated heterocycles. The van der Waals surface area contributed by atoms with Crippen molar-refractivity contribution in [2.45, 2.75) is 26.4 Å². The van der Waals surface area contributed by atoms with Crippen LogP contribution in [0.25, 0.3) is 21.5 Å². The highest BCUT2D eigenvalue weighted by Crippen LogP contribution is 2.24. The number of hydrogen-bond acceptors (Lipinski definition) is 6. The smallest absolute Gasteiger partial charge is 0.306 e. The molecule has 6 nitrogen and oxygen atoms in total. The van der Waals surface area contributed by atoms with Gasteiger partial charge >= 0.3 is 5.97 Å². The number of hydrogen-bond donors (Lipinski definition) is 1. The molecule has 4 aromatic rings. The van der Waals surface area contributed by atoms with Crippen molar-refractivity contribution < 1.29 is 9.53 Å². The van der Waals surface area contributed by atoms with Crippen LogP contribution in [0.15, 0.2) is 58.7 Å². The molecule has 1 N–H and O–H groups in total. The molecule has 0 aliphatic carbocycles. The minimum Gasteiger partial charge on any atom is -0.459 e. The first-order chi connectivity index (χ1) is 14.1. The van der Waals surface area contributed by atoms with Crippen LogP contribution in [0, 0.1) is 6.92 Å². The second-order valence-corrected chi connectivity index (χ2v) is 7.56. The van der Waals surface area contributed by atoms with Crippen LogP contribution in [0.5, 0.6) is 0 Å². The highest BCUT2D eigenvalue weighted by molar-refractivity contribution is 7.13. The third kappa shape index (κ3) is 4.57. The molecule has 2 aromatic carbocycles. The molecule has 0 radical (unpaired) electrons. The first-order valence-corrected chi connectivity index (χ1v) is 10.1. The van der Waals surface area contributed by atoms with Crippen LogP contribution >= 0.6 is 11.3 Å².